The maximum atomic E-state index is 12.6. The molecule has 0 bridgehead atoms. The van der Waals surface area contributed by atoms with Gasteiger partial charge < -0.3 is 9.84 Å². The first-order valence-electron chi connectivity index (χ1n) is 8.82. The van der Waals surface area contributed by atoms with Crippen LogP contribution in [0.5, 0.6) is 0 Å². The molecule has 0 spiro atoms. The Hall–Kier alpha value is -2.42. The van der Waals surface area contributed by atoms with Crippen LogP contribution in [0, 0.1) is 0 Å². The van der Waals surface area contributed by atoms with E-state index < -0.39 is 11.7 Å². The van der Waals surface area contributed by atoms with E-state index in [0.717, 1.165) is 25.0 Å². The van der Waals surface area contributed by atoms with Gasteiger partial charge in [0, 0.05) is 12.1 Å². The van der Waals surface area contributed by atoms with Gasteiger partial charge in [0.05, 0.1) is 18.7 Å². The summed E-state index contributed by atoms with van der Waals surface area (Å²) >= 11 is 0. The number of nitrogens with one attached hydrogen (secondary N) is 1. The average molecular weight is 384 g/mol. The molecule has 2 rings (SSSR count). The van der Waals surface area contributed by atoms with Gasteiger partial charge in [-0.25, -0.2) is 0 Å². The lowest BCUT2D eigenvalue weighted by Gasteiger charge is -2.18. The Balaban J connectivity index is 2.03. The molecule has 1 aromatic carbocycles. The van der Waals surface area contributed by atoms with Gasteiger partial charge in [-0.15, -0.1) is 0 Å². The van der Waals surface area contributed by atoms with Crippen molar-refractivity contribution >= 4 is 5.91 Å². The largest absolute Gasteiger partial charge is 0.416 e. The van der Waals surface area contributed by atoms with E-state index in [0.29, 0.717) is 31.1 Å². The normalized spacial score (nSPS) is 11.8. The molecule has 0 saturated heterocycles. The lowest BCUT2D eigenvalue weighted by molar-refractivity contribution is -0.137. The molecule has 1 amide bonds. The molecule has 0 fully saturated rings. The van der Waals surface area contributed by atoms with Crippen molar-refractivity contribution in [1.82, 2.24) is 20.4 Å². The number of benzene rings is 1. The summed E-state index contributed by atoms with van der Waals surface area (Å²) in [6, 6.07) is 4.57. The second-order valence-corrected chi connectivity index (χ2v) is 6.15. The Labute approximate surface area is 155 Å². The van der Waals surface area contributed by atoms with Crippen molar-refractivity contribution in [2.45, 2.75) is 39.4 Å². The van der Waals surface area contributed by atoms with E-state index in [1.165, 1.54) is 12.1 Å². The minimum absolute atomic E-state index is 0.0761. The highest BCUT2D eigenvalue weighted by atomic mass is 19.4. The number of carbonyl (C=O) groups excluding carboxylic acids is 1. The van der Waals surface area contributed by atoms with E-state index in [4.69, 9.17) is 4.52 Å². The molecule has 2 aromatic rings. The summed E-state index contributed by atoms with van der Waals surface area (Å²) < 4.78 is 43.1. The SMILES string of the molecule is CCCNC(=O)CN(CCC)Cc1nc(-c2ccc(C(F)(F)F)cc2)no1. The average Bonchev–Trinajstić information content (AvgIpc) is 3.08. The number of carbonyl (C=O) groups is 1. The van der Waals surface area contributed by atoms with Crippen molar-refractivity contribution in [3.8, 4) is 11.4 Å². The van der Waals surface area contributed by atoms with Gasteiger partial charge in [0.25, 0.3) is 0 Å². The Morgan fingerprint density at radius 3 is 2.48 bits per heavy atom. The molecule has 9 heteroatoms. The highest BCUT2D eigenvalue weighted by Crippen LogP contribution is 2.30. The highest BCUT2D eigenvalue weighted by molar-refractivity contribution is 5.77. The van der Waals surface area contributed by atoms with Crippen LogP contribution in [0.1, 0.15) is 38.1 Å². The van der Waals surface area contributed by atoms with Gasteiger partial charge in [-0.3, -0.25) is 9.69 Å². The standard InChI is InChI=1S/C18H23F3N4O2/c1-3-9-22-15(26)11-25(10-4-2)12-16-23-17(24-27-16)13-5-7-14(8-6-13)18(19,20)21/h5-8H,3-4,9-12H2,1-2H3,(H,22,26). The molecule has 1 N–H and O–H groups in total. The van der Waals surface area contributed by atoms with Crippen molar-refractivity contribution in [3.63, 3.8) is 0 Å². The van der Waals surface area contributed by atoms with Crippen LogP contribution in [0.2, 0.25) is 0 Å². The Bertz CT molecular complexity index is 729. The van der Waals surface area contributed by atoms with Gasteiger partial charge in [-0.2, -0.15) is 18.2 Å². The van der Waals surface area contributed by atoms with Crippen molar-refractivity contribution in [1.29, 1.82) is 0 Å². The van der Waals surface area contributed by atoms with Gasteiger partial charge in [0.2, 0.25) is 17.6 Å². The predicted octanol–water partition coefficient (Wildman–Crippen LogP) is 3.49. The third-order valence-corrected chi connectivity index (χ3v) is 3.78. The fourth-order valence-corrected chi connectivity index (χ4v) is 2.49. The molecule has 27 heavy (non-hydrogen) atoms. The number of halogens is 3. The van der Waals surface area contributed by atoms with Crippen molar-refractivity contribution < 1.29 is 22.5 Å². The van der Waals surface area contributed by atoms with Gasteiger partial charge in [-0.05, 0) is 31.5 Å². The zero-order valence-corrected chi connectivity index (χ0v) is 15.3. The maximum Gasteiger partial charge on any atom is 0.416 e. The van der Waals surface area contributed by atoms with Crippen LogP contribution in [0.4, 0.5) is 13.2 Å². The topological polar surface area (TPSA) is 71.3 Å². The second kappa shape index (κ2) is 9.50. The summed E-state index contributed by atoms with van der Waals surface area (Å²) in [5.74, 6) is 0.444. The number of hydrogen-bond donors (Lipinski definition) is 1. The Kier molecular flexibility index (Phi) is 7.35. The van der Waals surface area contributed by atoms with Gasteiger partial charge in [0.15, 0.2) is 0 Å². The van der Waals surface area contributed by atoms with Crippen LogP contribution in [-0.4, -0.2) is 40.6 Å². The summed E-state index contributed by atoms with van der Waals surface area (Å²) in [5, 5.41) is 6.64. The first-order valence-corrected chi connectivity index (χ1v) is 8.82. The molecular formula is C18H23F3N4O2. The third kappa shape index (κ3) is 6.35. The van der Waals surface area contributed by atoms with E-state index in [-0.39, 0.29) is 18.3 Å². The number of aromatic nitrogens is 2. The molecule has 0 saturated carbocycles. The molecule has 1 aromatic heterocycles. The Morgan fingerprint density at radius 1 is 1.19 bits per heavy atom. The van der Waals surface area contributed by atoms with Crippen LogP contribution in [-0.2, 0) is 17.5 Å². The van der Waals surface area contributed by atoms with Crippen LogP contribution < -0.4 is 5.32 Å². The molecule has 0 unspecified atom stereocenters. The third-order valence-electron chi connectivity index (χ3n) is 3.78. The van der Waals surface area contributed by atoms with E-state index >= 15 is 0 Å². The number of hydrogen-bond acceptors (Lipinski definition) is 5. The summed E-state index contributed by atoms with van der Waals surface area (Å²) in [7, 11) is 0. The molecule has 0 radical (unpaired) electrons. The molecule has 1 heterocycles. The molecule has 0 atom stereocenters. The van der Waals surface area contributed by atoms with E-state index in [1.54, 1.807) is 0 Å². The maximum absolute atomic E-state index is 12.6. The fourth-order valence-electron chi connectivity index (χ4n) is 2.49. The van der Waals surface area contributed by atoms with Gasteiger partial charge in [0.1, 0.15) is 0 Å². The van der Waals surface area contributed by atoms with E-state index in [2.05, 4.69) is 15.5 Å². The van der Waals surface area contributed by atoms with Crippen molar-refractivity contribution in [3.05, 3.63) is 35.7 Å². The monoisotopic (exact) mass is 384 g/mol. The molecule has 0 aliphatic rings. The lowest BCUT2D eigenvalue weighted by atomic mass is 10.1. The number of rotatable bonds is 9. The number of amides is 1. The second-order valence-electron chi connectivity index (χ2n) is 6.15. The smallest absolute Gasteiger partial charge is 0.355 e. The number of nitrogens with zero attached hydrogens (tertiary/aromatic N) is 3. The van der Waals surface area contributed by atoms with Crippen LogP contribution in [0.15, 0.2) is 28.8 Å². The van der Waals surface area contributed by atoms with Crippen LogP contribution in [0.3, 0.4) is 0 Å². The predicted molar refractivity (Wildman–Crippen MR) is 93.6 cm³/mol. The molecule has 0 aliphatic carbocycles. The van der Waals surface area contributed by atoms with Crippen LogP contribution >= 0.6 is 0 Å². The number of alkyl halides is 3. The van der Waals surface area contributed by atoms with Crippen molar-refractivity contribution in [2.24, 2.45) is 0 Å². The quantitative estimate of drug-likeness (QED) is 0.717. The zero-order chi connectivity index (χ0) is 19.9. The van der Waals surface area contributed by atoms with Gasteiger partial charge >= 0.3 is 6.18 Å². The fraction of sp³-hybridized carbons (Fsp3) is 0.500. The summed E-state index contributed by atoms with van der Waals surface area (Å²) in [4.78, 5) is 18.0. The first-order chi connectivity index (χ1) is 12.8. The molecule has 148 valence electrons. The summed E-state index contributed by atoms with van der Waals surface area (Å²) in [6.45, 7) is 5.78. The van der Waals surface area contributed by atoms with E-state index in [9.17, 15) is 18.0 Å². The lowest BCUT2D eigenvalue weighted by Crippen LogP contribution is -2.37. The first kappa shape index (κ1) is 20.9. The zero-order valence-electron chi connectivity index (χ0n) is 15.3. The molecule has 6 nitrogen and oxygen atoms in total. The van der Waals surface area contributed by atoms with Crippen molar-refractivity contribution in [2.75, 3.05) is 19.6 Å². The van der Waals surface area contributed by atoms with Gasteiger partial charge in [-0.1, -0.05) is 31.1 Å². The Morgan fingerprint density at radius 2 is 1.89 bits per heavy atom. The van der Waals surface area contributed by atoms with E-state index in [1.807, 2.05) is 18.7 Å². The summed E-state index contributed by atoms with van der Waals surface area (Å²) in [6.07, 6.45) is -2.68. The minimum atomic E-state index is -4.39. The van der Waals surface area contributed by atoms with Crippen LogP contribution in [0.25, 0.3) is 11.4 Å². The molecular weight excluding hydrogens is 361 g/mol. The summed E-state index contributed by atoms with van der Waals surface area (Å²) in [5.41, 5.74) is -0.303. The highest BCUT2D eigenvalue weighted by Gasteiger charge is 2.30. The minimum Gasteiger partial charge on any atom is -0.355 e. The molecule has 0 aliphatic heterocycles.